The fourth-order valence-electron chi connectivity index (χ4n) is 1.39. The van der Waals surface area contributed by atoms with Crippen molar-refractivity contribution in [1.29, 1.82) is 0 Å². The molecule has 3 atom stereocenters. The molecule has 0 aromatic carbocycles. The molecule has 1 nitrogen and oxygen atoms in total. The Morgan fingerprint density at radius 1 is 1.22 bits per heavy atom. The van der Waals surface area contributed by atoms with Crippen LogP contribution in [0.5, 0.6) is 0 Å². The first-order valence-corrected chi connectivity index (χ1v) is 3.88. The van der Waals surface area contributed by atoms with Crippen molar-refractivity contribution in [3.8, 4) is 0 Å². The third-order valence-electron chi connectivity index (χ3n) is 2.66. The first-order valence-electron chi connectivity index (χ1n) is 3.88. The van der Waals surface area contributed by atoms with Gasteiger partial charge in [0.15, 0.2) is 0 Å². The van der Waals surface area contributed by atoms with Gasteiger partial charge in [-0.3, -0.25) is 0 Å². The van der Waals surface area contributed by atoms with Crippen LogP contribution < -0.4 is 5.32 Å². The second-order valence-electron chi connectivity index (χ2n) is 3.27. The summed E-state index contributed by atoms with van der Waals surface area (Å²) in [4.78, 5) is 0. The quantitative estimate of drug-likeness (QED) is 0.468. The molecule has 53 valence electrons. The van der Waals surface area contributed by atoms with Gasteiger partial charge in [-0.15, -0.1) is 0 Å². The lowest BCUT2D eigenvalue weighted by molar-refractivity contribution is 0.228. The molecule has 3 unspecified atom stereocenters. The van der Waals surface area contributed by atoms with Gasteiger partial charge in [-0.25, -0.2) is 5.32 Å². The van der Waals surface area contributed by atoms with E-state index in [1.807, 2.05) is 0 Å². The van der Waals surface area contributed by atoms with E-state index < -0.39 is 0 Å². The van der Waals surface area contributed by atoms with Crippen molar-refractivity contribution in [2.75, 3.05) is 6.54 Å². The van der Waals surface area contributed by atoms with E-state index in [9.17, 15) is 0 Å². The van der Waals surface area contributed by atoms with Crippen LogP contribution in [0.2, 0.25) is 0 Å². The molecule has 1 fully saturated rings. The Morgan fingerprint density at radius 2 is 1.89 bits per heavy atom. The van der Waals surface area contributed by atoms with Gasteiger partial charge in [-0.1, -0.05) is 13.8 Å². The molecule has 1 saturated heterocycles. The summed E-state index contributed by atoms with van der Waals surface area (Å²) in [5.74, 6) is 1.69. The molecule has 1 heterocycles. The Bertz CT molecular complexity index is 80.6. The van der Waals surface area contributed by atoms with Crippen LogP contribution in [0.1, 0.15) is 27.2 Å². The van der Waals surface area contributed by atoms with Gasteiger partial charge in [0, 0.05) is 12.6 Å². The van der Waals surface area contributed by atoms with Crippen LogP contribution in [-0.4, -0.2) is 12.6 Å². The smallest absolute Gasteiger partial charge is 0.0245 e. The maximum Gasteiger partial charge on any atom is 0.0245 e. The molecule has 0 N–H and O–H groups in total. The molecule has 1 radical (unpaired) electrons. The molecule has 1 aliphatic rings. The standard InChI is InChI=1S/C8H16N/c1-6-4-5-9-8(3)7(6)2/h6-8H,4-5H2,1-3H3. The third-order valence-corrected chi connectivity index (χ3v) is 2.66. The number of hydrogen-bond donors (Lipinski definition) is 0. The minimum Gasteiger partial charge on any atom is -0.238 e. The van der Waals surface area contributed by atoms with Crippen molar-refractivity contribution in [2.24, 2.45) is 11.8 Å². The fourth-order valence-corrected chi connectivity index (χ4v) is 1.39. The Balaban J connectivity index is 2.41. The lowest BCUT2D eigenvalue weighted by Crippen LogP contribution is -2.36. The summed E-state index contributed by atoms with van der Waals surface area (Å²) in [6.07, 6.45) is 1.30. The van der Waals surface area contributed by atoms with Crippen molar-refractivity contribution < 1.29 is 0 Å². The van der Waals surface area contributed by atoms with Gasteiger partial charge in [-0.05, 0) is 25.2 Å². The van der Waals surface area contributed by atoms with Crippen LogP contribution in [0.3, 0.4) is 0 Å². The molecule has 0 spiro atoms. The van der Waals surface area contributed by atoms with Crippen molar-refractivity contribution in [1.82, 2.24) is 5.32 Å². The highest BCUT2D eigenvalue weighted by Crippen LogP contribution is 2.22. The summed E-state index contributed by atoms with van der Waals surface area (Å²) in [5.41, 5.74) is 0. The van der Waals surface area contributed by atoms with Crippen LogP contribution in [0, 0.1) is 11.8 Å². The second kappa shape index (κ2) is 2.70. The molecule has 1 aliphatic heterocycles. The zero-order chi connectivity index (χ0) is 6.85. The molecule has 9 heavy (non-hydrogen) atoms. The van der Waals surface area contributed by atoms with E-state index in [1.54, 1.807) is 0 Å². The molecule has 0 aliphatic carbocycles. The third kappa shape index (κ3) is 1.45. The average molecular weight is 126 g/mol. The number of nitrogens with zero attached hydrogens (tertiary/aromatic N) is 1. The maximum atomic E-state index is 4.46. The Hall–Kier alpha value is -0.0400. The molecule has 0 saturated carbocycles. The van der Waals surface area contributed by atoms with Gasteiger partial charge >= 0.3 is 0 Å². The zero-order valence-electron chi connectivity index (χ0n) is 6.59. The first-order chi connectivity index (χ1) is 4.22. The van der Waals surface area contributed by atoms with Crippen LogP contribution in [0.25, 0.3) is 0 Å². The molecular weight excluding hydrogens is 110 g/mol. The first kappa shape index (κ1) is 7.07. The monoisotopic (exact) mass is 126 g/mol. The van der Waals surface area contributed by atoms with E-state index in [-0.39, 0.29) is 0 Å². The highest BCUT2D eigenvalue weighted by Gasteiger charge is 2.23. The molecule has 1 rings (SSSR count). The molecule has 1 heteroatoms. The predicted octanol–water partition coefficient (Wildman–Crippen LogP) is 1.66. The molecular formula is C8H16N. The van der Waals surface area contributed by atoms with Crippen LogP contribution >= 0.6 is 0 Å². The van der Waals surface area contributed by atoms with Crippen LogP contribution in [0.15, 0.2) is 0 Å². The Labute approximate surface area is 57.8 Å². The van der Waals surface area contributed by atoms with Gasteiger partial charge in [-0.2, -0.15) is 0 Å². The highest BCUT2D eigenvalue weighted by atomic mass is 14.9. The molecule has 0 aromatic heterocycles. The van der Waals surface area contributed by atoms with Crippen LogP contribution in [0.4, 0.5) is 0 Å². The Kier molecular flexibility index (Phi) is 2.12. The summed E-state index contributed by atoms with van der Waals surface area (Å²) < 4.78 is 0. The normalized spacial score (nSPS) is 45.0. The van der Waals surface area contributed by atoms with Crippen molar-refractivity contribution in [3.63, 3.8) is 0 Å². The van der Waals surface area contributed by atoms with E-state index >= 15 is 0 Å². The lowest BCUT2D eigenvalue weighted by Gasteiger charge is -2.31. The van der Waals surface area contributed by atoms with Gasteiger partial charge in [0.2, 0.25) is 0 Å². The minimum atomic E-state index is 0.605. The van der Waals surface area contributed by atoms with Gasteiger partial charge in [0.25, 0.3) is 0 Å². The lowest BCUT2D eigenvalue weighted by atomic mass is 9.84. The number of piperidine rings is 1. The average Bonchev–Trinajstić information content (AvgIpc) is 1.83. The van der Waals surface area contributed by atoms with Gasteiger partial charge < -0.3 is 0 Å². The van der Waals surface area contributed by atoms with Crippen molar-refractivity contribution in [2.45, 2.75) is 33.2 Å². The predicted molar refractivity (Wildman–Crippen MR) is 39.4 cm³/mol. The largest absolute Gasteiger partial charge is 0.238 e. The topological polar surface area (TPSA) is 14.1 Å². The summed E-state index contributed by atoms with van der Waals surface area (Å²) in [7, 11) is 0. The minimum absolute atomic E-state index is 0.605. The molecule has 0 aromatic rings. The van der Waals surface area contributed by atoms with Crippen molar-refractivity contribution in [3.05, 3.63) is 0 Å². The van der Waals surface area contributed by atoms with E-state index in [0.717, 1.165) is 18.4 Å². The zero-order valence-corrected chi connectivity index (χ0v) is 6.59. The van der Waals surface area contributed by atoms with E-state index in [2.05, 4.69) is 26.1 Å². The second-order valence-corrected chi connectivity index (χ2v) is 3.27. The van der Waals surface area contributed by atoms with Crippen LogP contribution in [-0.2, 0) is 0 Å². The molecule has 0 bridgehead atoms. The number of rotatable bonds is 0. The van der Waals surface area contributed by atoms with E-state index in [4.69, 9.17) is 0 Å². The summed E-state index contributed by atoms with van der Waals surface area (Å²) >= 11 is 0. The van der Waals surface area contributed by atoms with Crippen molar-refractivity contribution >= 4 is 0 Å². The number of hydrogen-bond acceptors (Lipinski definition) is 0. The summed E-state index contributed by atoms with van der Waals surface area (Å²) in [6, 6.07) is 0.605. The summed E-state index contributed by atoms with van der Waals surface area (Å²) in [5, 5.41) is 4.46. The highest BCUT2D eigenvalue weighted by molar-refractivity contribution is 4.78. The van der Waals surface area contributed by atoms with Gasteiger partial charge in [0.05, 0.1) is 0 Å². The Morgan fingerprint density at radius 3 is 2.33 bits per heavy atom. The van der Waals surface area contributed by atoms with Gasteiger partial charge in [0.1, 0.15) is 0 Å². The fraction of sp³-hybridized carbons (Fsp3) is 1.00. The molecule has 0 amide bonds. The maximum absolute atomic E-state index is 4.46. The SMILES string of the molecule is CC1CC[N]C(C)C1C. The van der Waals surface area contributed by atoms with E-state index in [0.29, 0.717) is 6.04 Å². The summed E-state index contributed by atoms with van der Waals surface area (Å²) in [6.45, 7) is 7.95. The van der Waals surface area contributed by atoms with E-state index in [1.165, 1.54) is 6.42 Å².